The maximum absolute atomic E-state index is 3.60. The molecule has 90 valence electrons. The Kier molecular flexibility index (Phi) is 4.38. The standard InChI is InChI=1S/C13H22N2S/c1-11(8-14-12-5-6-12)9-15(2)10-13-4-3-7-16-13/h3-4,7,11-12,14H,5-6,8-10H2,1-2H3. The van der Waals surface area contributed by atoms with Gasteiger partial charge in [-0.05, 0) is 43.8 Å². The summed E-state index contributed by atoms with van der Waals surface area (Å²) in [5.41, 5.74) is 0. The van der Waals surface area contributed by atoms with Crippen LogP contribution in [-0.4, -0.2) is 31.1 Å². The molecule has 0 amide bonds. The monoisotopic (exact) mass is 238 g/mol. The summed E-state index contributed by atoms with van der Waals surface area (Å²) in [6, 6.07) is 5.19. The topological polar surface area (TPSA) is 15.3 Å². The van der Waals surface area contributed by atoms with Gasteiger partial charge in [0.25, 0.3) is 0 Å². The molecule has 2 nitrogen and oxygen atoms in total. The molecule has 2 rings (SSSR count). The van der Waals surface area contributed by atoms with Crippen molar-refractivity contribution in [3.05, 3.63) is 22.4 Å². The van der Waals surface area contributed by atoms with Crippen molar-refractivity contribution in [1.29, 1.82) is 0 Å². The Bertz CT molecular complexity index is 293. The van der Waals surface area contributed by atoms with Crippen LogP contribution in [0.4, 0.5) is 0 Å². The fourth-order valence-corrected chi connectivity index (χ4v) is 2.77. The van der Waals surface area contributed by atoms with Crippen molar-refractivity contribution in [2.45, 2.75) is 32.4 Å². The quantitative estimate of drug-likeness (QED) is 0.785. The Hall–Kier alpha value is -0.380. The lowest BCUT2D eigenvalue weighted by atomic mass is 10.1. The molecule has 0 aliphatic heterocycles. The van der Waals surface area contributed by atoms with Crippen LogP contribution in [0.15, 0.2) is 17.5 Å². The molecule has 1 heterocycles. The molecule has 0 radical (unpaired) electrons. The predicted molar refractivity (Wildman–Crippen MR) is 70.8 cm³/mol. The number of nitrogens with one attached hydrogen (secondary N) is 1. The summed E-state index contributed by atoms with van der Waals surface area (Å²) in [6.45, 7) is 5.77. The maximum Gasteiger partial charge on any atom is 0.0324 e. The highest BCUT2D eigenvalue weighted by Crippen LogP contribution is 2.19. The zero-order chi connectivity index (χ0) is 11.4. The van der Waals surface area contributed by atoms with Gasteiger partial charge < -0.3 is 10.2 Å². The van der Waals surface area contributed by atoms with Crippen molar-refractivity contribution in [1.82, 2.24) is 10.2 Å². The predicted octanol–water partition coefficient (Wildman–Crippen LogP) is 2.57. The molecule has 0 bridgehead atoms. The smallest absolute Gasteiger partial charge is 0.0324 e. The zero-order valence-corrected chi connectivity index (χ0v) is 11.1. The van der Waals surface area contributed by atoms with E-state index in [9.17, 15) is 0 Å². The van der Waals surface area contributed by atoms with Gasteiger partial charge in [0, 0.05) is 24.0 Å². The highest BCUT2D eigenvalue weighted by Gasteiger charge is 2.21. The molecule has 1 fully saturated rings. The van der Waals surface area contributed by atoms with Gasteiger partial charge in [0.2, 0.25) is 0 Å². The molecule has 1 saturated carbocycles. The third kappa shape index (κ3) is 4.24. The minimum absolute atomic E-state index is 0.741. The Morgan fingerprint density at radius 1 is 1.56 bits per heavy atom. The van der Waals surface area contributed by atoms with Crippen LogP contribution in [0.1, 0.15) is 24.6 Å². The van der Waals surface area contributed by atoms with Crippen molar-refractivity contribution in [2.24, 2.45) is 5.92 Å². The van der Waals surface area contributed by atoms with Gasteiger partial charge in [-0.1, -0.05) is 13.0 Å². The van der Waals surface area contributed by atoms with E-state index in [4.69, 9.17) is 0 Å². The first-order chi connectivity index (χ1) is 7.74. The second-order valence-electron chi connectivity index (χ2n) is 5.06. The van der Waals surface area contributed by atoms with E-state index in [-0.39, 0.29) is 0 Å². The van der Waals surface area contributed by atoms with Crippen LogP contribution < -0.4 is 5.32 Å². The number of hydrogen-bond acceptors (Lipinski definition) is 3. The second-order valence-corrected chi connectivity index (χ2v) is 6.10. The first kappa shape index (κ1) is 12.1. The average Bonchev–Trinajstić information content (AvgIpc) is 2.94. The summed E-state index contributed by atoms with van der Waals surface area (Å²) in [7, 11) is 2.22. The second kappa shape index (κ2) is 5.80. The van der Waals surface area contributed by atoms with Gasteiger partial charge >= 0.3 is 0 Å². The van der Waals surface area contributed by atoms with Crippen molar-refractivity contribution in [3.63, 3.8) is 0 Å². The Labute approximate surface area is 103 Å². The van der Waals surface area contributed by atoms with Gasteiger partial charge in [-0.3, -0.25) is 0 Å². The van der Waals surface area contributed by atoms with E-state index in [0.29, 0.717) is 0 Å². The van der Waals surface area contributed by atoms with E-state index < -0.39 is 0 Å². The SMILES string of the molecule is CC(CNC1CC1)CN(C)Cc1cccs1. The summed E-state index contributed by atoms with van der Waals surface area (Å²) in [5, 5.41) is 5.75. The Morgan fingerprint density at radius 2 is 2.38 bits per heavy atom. The molecule has 3 heteroatoms. The summed E-state index contributed by atoms with van der Waals surface area (Å²) >= 11 is 1.85. The molecular formula is C13H22N2S. The molecule has 1 aromatic rings. The first-order valence-electron chi connectivity index (χ1n) is 6.18. The lowest BCUT2D eigenvalue weighted by Gasteiger charge is -2.21. The lowest BCUT2D eigenvalue weighted by Crippen LogP contribution is -2.31. The van der Waals surface area contributed by atoms with Crippen molar-refractivity contribution >= 4 is 11.3 Å². The zero-order valence-electron chi connectivity index (χ0n) is 10.3. The van der Waals surface area contributed by atoms with Crippen LogP contribution in [-0.2, 0) is 6.54 Å². The molecule has 0 saturated heterocycles. The number of hydrogen-bond donors (Lipinski definition) is 1. The van der Waals surface area contributed by atoms with Crippen LogP contribution in [0, 0.1) is 5.92 Å². The molecule has 0 spiro atoms. The third-order valence-corrected chi connectivity index (χ3v) is 3.82. The van der Waals surface area contributed by atoms with Crippen LogP contribution in [0.3, 0.4) is 0 Å². The van der Waals surface area contributed by atoms with Gasteiger partial charge in [0.1, 0.15) is 0 Å². The minimum Gasteiger partial charge on any atom is -0.314 e. The molecule has 1 unspecified atom stereocenters. The van der Waals surface area contributed by atoms with Gasteiger partial charge in [-0.2, -0.15) is 0 Å². The van der Waals surface area contributed by atoms with Gasteiger partial charge in [-0.25, -0.2) is 0 Å². The van der Waals surface area contributed by atoms with E-state index in [1.807, 2.05) is 11.3 Å². The fraction of sp³-hybridized carbons (Fsp3) is 0.692. The van der Waals surface area contributed by atoms with Gasteiger partial charge in [-0.15, -0.1) is 11.3 Å². The van der Waals surface area contributed by atoms with Crippen molar-refractivity contribution in [2.75, 3.05) is 20.1 Å². The molecule has 1 aliphatic carbocycles. The molecule has 16 heavy (non-hydrogen) atoms. The highest BCUT2D eigenvalue weighted by molar-refractivity contribution is 7.09. The van der Waals surface area contributed by atoms with E-state index in [1.165, 1.54) is 30.8 Å². The highest BCUT2D eigenvalue weighted by atomic mass is 32.1. The van der Waals surface area contributed by atoms with Gasteiger partial charge in [0.05, 0.1) is 0 Å². The largest absolute Gasteiger partial charge is 0.314 e. The molecule has 1 atom stereocenters. The molecule has 1 aromatic heterocycles. The normalized spacial score (nSPS) is 17.9. The number of rotatable bonds is 7. The molecule has 1 N–H and O–H groups in total. The van der Waals surface area contributed by atoms with E-state index in [0.717, 1.165) is 18.5 Å². The van der Waals surface area contributed by atoms with E-state index >= 15 is 0 Å². The summed E-state index contributed by atoms with van der Waals surface area (Å²) in [6.07, 6.45) is 2.77. The number of thiophene rings is 1. The summed E-state index contributed by atoms with van der Waals surface area (Å²) in [5.74, 6) is 0.741. The fourth-order valence-electron chi connectivity index (χ4n) is 1.99. The van der Waals surface area contributed by atoms with Crippen LogP contribution >= 0.6 is 11.3 Å². The molecular weight excluding hydrogens is 216 g/mol. The lowest BCUT2D eigenvalue weighted by molar-refractivity contribution is 0.275. The third-order valence-electron chi connectivity index (χ3n) is 2.96. The van der Waals surface area contributed by atoms with Crippen LogP contribution in [0.5, 0.6) is 0 Å². The Morgan fingerprint density at radius 3 is 3.00 bits per heavy atom. The average molecular weight is 238 g/mol. The van der Waals surface area contributed by atoms with E-state index in [2.05, 4.69) is 41.7 Å². The Balaban J connectivity index is 1.63. The first-order valence-corrected chi connectivity index (χ1v) is 7.06. The van der Waals surface area contributed by atoms with Crippen LogP contribution in [0.25, 0.3) is 0 Å². The van der Waals surface area contributed by atoms with Gasteiger partial charge in [0.15, 0.2) is 0 Å². The molecule has 1 aliphatic rings. The van der Waals surface area contributed by atoms with Crippen molar-refractivity contribution < 1.29 is 0 Å². The van der Waals surface area contributed by atoms with E-state index in [1.54, 1.807) is 0 Å². The summed E-state index contributed by atoms with van der Waals surface area (Å²) in [4.78, 5) is 3.88. The van der Waals surface area contributed by atoms with Crippen LogP contribution in [0.2, 0.25) is 0 Å². The molecule has 0 aromatic carbocycles. The minimum atomic E-state index is 0.741. The summed E-state index contributed by atoms with van der Waals surface area (Å²) < 4.78 is 0. The van der Waals surface area contributed by atoms with Crippen molar-refractivity contribution in [3.8, 4) is 0 Å². The maximum atomic E-state index is 3.60. The number of nitrogens with zero attached hydrogens (tertiary/aromatic N) is 1.